The molecule has 0 unspecified atom stereocenters. The van der Waals surface area contributed by atoms with Crippen molar-refractivity contribution < 1.29 is 13.2 Å². The average Bonchev–Trinajstić information content (AvgIpc) is 2.37. The second-order valence-corrected chi connectivity index (χ2v) is 6.55. The van der Waals surface area contributed by atoms with E-state index in [9.17, 15) is 8.42 Å². The molecule has 0 saturated carbocycles. The van der Waals surface area contributed by atoms with Gasteiger partial charge in [0.25, 0.3) is 0 Å². The normalized spacial score (nSPS) is 11.6. The molecule has 0 heterocycles. The van der Waals surface area contributed by atoms with E-state index in [1.807, 2.05) is 0 Å². The van der Waals surface area contributed by atoms with E-state index >= 15 is 0 Å². The van der Waals surface area contributed by atoms with Crippen LogP contribution in [-0.2, 0) is 10.2 Å². The third kappa shape index (κ3) is 4.64. The summed E-state index contributed by atoms with van der Waals surface area (Å²) in [6, 6.07) is 4.98. The highest BCUT2D eigenvalue weighted by Gasteiger charge is 2.17. The lowest BCUT2D eigenvalue weighted by Gasteiger charge is -2.18. The fourth-order valence-corrected chi connectivity index (χ4v) is 2.74. The molecule has 8 heteroatoms. The summed E-state index contributed by atoms with van der Waals surface area (Å²) in [5.74, 6) is 0.560. The molecule has 0 aliphatic carbocycles. The van der Waals surface area contributed by atoms with Crippen molar-refractivity contribution in [2.75, 3.05) is 32.0 Å². The molecule has 0 amide bonds. The second-order valence-electron chi connectivity index (χ2n) is 3.92. The molecule has 0 atom stereocenters. The van der Waals surface area contributed by atoms with Gasteiger partial charge in [-0.25, -0.2) is 0 Å². The first-order chi connectivity index (χ1) is 8.90. The Morgan fingerprint density at radius 1 is 1.47 bits per heavy atom. The number of hydrogen-bond donors (Lipinski definition) is 2. The highest BCUT2D eigenvalue weighted by molar-refractivity contribution is 9.10. The van der Waals surface area contributed by atoms with Crippen molar-refractivity contribution in [3.8, 4) is 5.75 Å². The number of nitrogens with two attached hydrogens (primary N) is 1. The molecule has 0 aromatic heterocycles. The maximum Gasteiger partial charge on any atom is 0.301 e. The van der Waals surface area contributed by atoms with Crippen LogP contribution in [0.2, 0.25) is 0 Å². The third-order valence-corrected chi connectivity index (χ3v) is 4.64. The first-order valence-corrected chi connectivity index (χ1v) is 7.91. The standard InChI is InChI=1S/C11H18BrN3O3S/c1-15(7-3-6-13)19(16,17)14-9-4-5-10(12)11(8-9)18-2/h4-5,8,14H,3,6-7,13H2,1-2H3. The molecule has 6 nitrogen and oxygen atoms in total. The molecule has 0 radical (unpaired) electrons. The summed E-state index contributed by atoms with van der Waals surface area (Å²) in [5, 5.41) is 0. The van der Waals surface area contributed by atoms with Crippen LogP contribution in [0.4, 0.5) is 5.69 Å². The minimum atomic E-state index is -3.57. The lowest BCUT2D eigenvalue weighted by Crippen LogP contribution is -2.34. The van der Waals surface area contributed by atoms with Gasteiger partial charge in [-0.3, -0.25) is 4.72 Å². The van der Waals surface area contributed by atoms with Gasteiger partial charge in [0.1, 0.15) is 5.75 Å². The molecule has 1 aromatic rings. The Morgan fingerprint density at radius 3 is 2.74 bits per heavy atom. The van der Waals surface area contributed by atoms with Gasteiger partial charge >= 0.3 is 10.2 Å². The van der Waals surface area contributed by atoms with E-state index in [1.165, 1.54) is 18.5 Å². The van der Waals surface area contributed by atoms with Gasteiger partial charge in [-0.2, -0.15) is 12.7 Å². The van der Waals surface area contributed by atoms with E-state index in [2.05, 4.69) is 20.7 Å². The van der Waals surface area contributed by atoms with Crippen LogP contribution in [0, 0.1) is 0 Å². The number of benzene rings is 1. The van der Waals surface area contributed by atoms with Gasteiger partial charge in [0.05, 0.1) is 17.3 Å². The van der Waals surface area contributed by atoms with Crippen molar-refractivity contribution in [3.63, 3.8) is 0 Å². The van der Waals surface area contributed by atoms with Crippen LogP contribution in [-0.4, -0.2) is 40.0 Å². The van der Waals surface area contributed by atoms with Crippen molar-refractivity contribution >= 4 is 31.8 Å². The Hall–Kier alpha value is -0.830. The van der Waals surface area contributed by atoms with E-state index in [0.29, 0.717) is 30.9 Å². The molecule has 0 bridgehead atoms. The van der Waals surface area contributed by atoms with E-state index in [1.54, 1.807) is 18.2 Å². The summed E-state index contributed by atoms with van der Waals surface area (Å²) < 4.78 is 33.6. The Morgan fingerprint density at radius 2 is 2.16 bits per heavy atom. The van der Waals surface area contributed by atoms with Gasteiger partial charge in [-0.1, -0.05) is 0 Å². The zero-order valence-electron chi connectivity index (χ0n) is 10.9. The fourth-order valence-electron chi connectivity index (χ4n) is 1.38. The van der Waals surface area contributed by atoms with Crippen LogP contribution < -0.4 is 15.2 Å². The number of nitrogens with zero attached hydrogens (tertiary/aromatic N) is 1. The summed E-state index contributed by atoms with van der Waals surface area (Å²) >= 11 is 3.31. The molecule has 0 fully saturated rings. The van der Waals surface area contributed by atoms with Crippen molar-refractivity contribution in [1.82, 2.24) is 4.31 Å². The SMILES string of the molecule is COc1cc(NS(=O)(=O)N(C)CCCN)ccc1Br. The van der Waals surface area contributed by atoms with E-state index in [0.717, 1.165) is 4.47 Å². The number of anilines is 1. The van der Waals surface area contributed by atoms with Crippen LogP contribution >= 0.6 is 15.9 Å². The Balaban J connectivity index is 2.83. The molecule has 0 spiro atoms. The third-order valence-electron chi connectivity index (χ3n) is 2.49. The molecule has 1 rings (SSSR count). The van der Waals surface area contributed by atoms with Crippen LogP contribution in [0.3, 0.4) is 0 Å². The Labute approximate surface area is 122 Å². The summed E-state index contributed by atoms with van der Waals surface area (Å²) in [4.78, 5) is 0. The van der Waals surface area contributed by atoms with Crippen molar-refractivity contribution in [3.05, 3.63) is 22.7 Å². The van der Waals surface area contributed by atoms with Crippen LogP contribution in [0.5, 0.6) is 5.75 Å². The van der Waals surface area contributed by atoms with E-state index in [-0.39, 0.29) is 0 Å². The molecule has 0 aliphatic rings. The highest BCUT2D eigenvalue weighted by atomic mass is 79.9. The van der Waals surface area contributed by atoms with Gasteiger partial charge < -0.3 is 10.5 Å². The van der Waals surface area contributed by atoms with Gasteiger partial charge in [-0.15, -0.1) is 0 Å². The van der Waals surface area contributed by atoms with Gasteiger partial charge in [0.15, 0.2) is 0 Å². The molecular weight excluding hydrogens is 334 g/mol. The van der Waals surface area contributed by atoms with Gasteiger partial charge in [0, 0.05) is 19.7 Å². The number of halogens is 1. The molecule has 3 N–H and O–H groups in total. The predicted octanol–water partition coefficient (Wildman–Crippen LogP) is 1.40. The first kappa shape index (κ1) is 16.2. The van der Waals surface area contributed by atoms with Gasteiger partial charge in [0.2, 0.25) is 0 Å². The maximum absolute atomic E-state index is 12.0. The number of hydrogen-bond acceptors (Lipinski definition) is 4. The molecule has 19 heavy (non-hydrogen) atoms. The van der Waals surface area contributed by atoms with Crippen LogP contribution in [0.25, 0.3) is 0 Å². The van der Waals surface area contributed by atoms with Crippen molar-refractivity contribution in [2.24, 2.45) is 5.73 Å². The molecular formula is C11H18BrN3O3S. The summed E-state index contributed by atoms with van der Waals surface area (Å²) in [5.41, 5.74) is 5.81. The fraction of sp³-hybridized carbons (Fsp3) is 0.455. The minimum absolute atomic E-state index is 0.375. The number of rotatable bonds is 7. The summed E-state index contributed by atoms with van der Waals surface area (Å²) in [6.45, 7) is 0.825. The average molecular weight is 352 g/mol. The Bertz CT molecular complexity index is 522. The monoisotopic (exact) mass is 351 g/mol. The highest BCUT2D eigenvalue weighted by Crippen LogP contribution is 2.28. The molecule has 108 valence electrons. The zero-order valence-corrected chi connectivity index (χ0v) is 13.3. The Kier molecular flexibility index (Phi) is 6.05. The van der Waals surface area contributed by atoms with Crippen molar-refractivity contribution in [1.29, 1.82) is 0 Å². The van der Waals surface area contributed by atoms with E-state index in [4.69, 9.17) is 10.5 Å². The van der Waals surface area contributed by atoms with Crippen LogP contribution in [0.15, 0.2) is 22.7 Å². The van der Waals surface area contributed by atoms with E-state index < -0.39 is 10.2 Å². The lowest BCUT2D eigenvalue weighted by atomic mass is 10.3. The number of ether oxygens (including phenoxy) is 1. The molecule has 1 aromatic carbocycles. The topological polar surface area (TPSA) is 84.7 Å². The smallest absolute Gasteiger partial charge is 0.301 e. The quantitative estimate of drug-likeness (QED) is 0.777. The van der Waals surface area contributed by atoms with Gasteiger partial charge in [-0.05, 0) is 41.0 Å². The summed E-state index contributed by atoms with van der Waals surface area (Å²) in [7, 11) is -0.539. The minimum Gasteiger partial charge on any atom is -0.495 e. The lowest BCUT2D eigenvalue weighted by molar-refractivity contribution is 0.412. The second kappa shape index (κ2) is 7.09. The summed E-state index contributed by atoms with van der Waals surface area (Å²) in [6.07, 6.45) is 0.612. The first-order valence-electron chi connectivity index (χ1n) is 5.68. The number of methoxy groups -OCH3 is 1. The predicted molar refractivity (Wildman–Crippen MR) is 79.5 cm³/mol. The largest absolute Gasteiger partial charge is 0.495 e. The molecule has 0 saturated heterocycles. The van der Waals surface area contributed by atoms with Crippen LogP contribution in [0.1, 0.15) is 6.42 Å². The van der Waals surface area contributed by atoms with Crippen molar-refractivity contribution in [2.45, 2.75) is 6.42 Å². The maximum atomic E-state index is 12.0. The molecule has 0 aliphatic heterocycles. The zero-order chi connectivity index (χ0) is 14.5. The number of nitrogens with one attached hydrogen (secondary N) is 1.